The Morgan fingerprint density at radius 1 is 1.13 bits per heavy atom. The van der Waals surface area contributed by atoms with E-state index in [9.17, 15) is 13.2 Å². The molecule has 0 radical (unpaired) electrons. The van der Waals surface area contributed by atoms with Gasteiger partial charge in [-0.15, -0.1) is 0 Å². The number of sulfonamides is 1. The van der Waals surface area contributed by atoms with Crippen LogP contribution in [-0.2, 0) is 20.6 Å². The molecule has 1 saturated heterocycles. The first kappa shape index (κ1) is 18.2. The summed E-state index contributed by atoms with van der Waals surface area (Å²) in [6.45, 7) is 5.61. The van der Waals surface area contributed by atoms with Crippen molar-refractivity contribution in [3.63, 3.8) is 0 Å². The first-order valence-electron chi connectivity index (χ1n) is 7.80. The summed E-state index contributed by atoms with van der Waals surface area (Å²) in [5.41, 5.74) is 0.716. The van der Waals surface area contributed by atoms with Crippen LogP contribution in [-0.4, -0.2) is 49.7 Å². The maximum Gasteiger partial charge on any atom is 0.225 e. The monoisotopic (exact) mass is 358 g/mol. The number of nitrogens with zero attached hydrogens (tertiary/aromatic N) is 2. The Bertz CT molecular complexity index is 644. The van der Waals surface area contributed by atoms with Crippen LogP contribution >= 0.6 is 11.6 Å². The number of benzene rings is 1. The second-order valence-electron chi connectivity index (χ2n) is 6.12. The third-order valence-electron chi connectivity index (χ3n) is 3.92. The molecule has 0 saturated carbocycles. The van der Waals surface area contributed by atoms with Crippen LogP contribution in [0.3, 0.4) is 0 Å². The Kier molecular flexibility index (Phi) is 6.06. The van der Waals surface area contributed by atoms with E-state index in [-0.39, 0.29) is 17.6 Å². The van der Waals surface area contributed by atoms with Crippen molar-refractivity contribution >= 4 is 27.5 Å². The van der Waals surface area contributed by atoms with Gasteiger partial charge in [-0.2, -0.15) is 4.31 Å². The largest absolute Gasteiger partial charge is 0.341 e. The van der Waals surface area contributed by atoms with Crippen molar-refractivity contribution in [1.82, 2.24) is 9.21 Å². The molecule has 0 bridgehead atoms. The molecule has 7 heteroatoms. The average molecular weight is 359 g/mol. The topological polar surface area (TPSA) is 57.7 Å². The molecule has 0 N–H and O–H groups in total. The minimum absolute atomic E-state index is 0.0394. The molecule has 128 valence electrons. The predicted octanol–water partition coefficient (Wildman–Crippen LogP) is 2.36. The molecule has 1 amide bonds. The molecule has 1 aromatic rings. The summed E-state index contributed by atoms with van der Waals surface area (Å²) in [6, 6.07) is 6.84. The summed E-state index contributed by atoms with van der Waals surface area (Å²) < 4.78 is 26.7. The minimum Gasteiger partial charge on any atom is -0.341 e. The Morgan fingerprint density at radius 2 is 1.78 bits per heavy atom. The van der Waals surface area contributed by atoms with E-state index in [4.69, 9.17) is 11.6 Å². The van der Waals surface area contributed by atoms with Crippen LogP contribution in [0.2, 0.25) is 5.02 Å². The molecule has 0 aromatic heterocycles. The van der Waals surface area contributed by atoms with E-state index in [1.807, 2.05) is 13.8 Å². The van der Waals surface area contributed by atoms with Crippen LogP contribution in [0.25, 0.3) is 0 Å². The van der Waals surface area contributed by atoms with E-state index in [2.05, 4.69) is 0 Å². The number of halogens is 1. The summed E-state index contributed by atoms with van der Waals surface area (Å²) in [4.78, 5) is 13.8. The molecule has 1 aromatic carbocycles. The highest BCUT2D eigenvalue weighted by Gasteiger charge is 2.27. The van der Waals surface area contributed by atoms with Crippen molar-refractivity contribution in [2.75, 3.05) is 26.2 Å². The maximum absolute atomic E-state index is 12.6. The lowest BCUT2D eigenvalue weighted by Gasteiger charge is -2.23. The summed E-state index contributed by atoms with van der Waals surface area (Å²) >= 11 is 5.83. The minimum atomic E-state index is -3.39. The van der Waals surface area contributed by atoms with Crippen molar-refractivity contribution in [3.8, 4) is 0 Å². The number of carbonyl (C=O) groups is 1. The quantitative estimate of drug-likeness (QED) is 0.830. The smallest absolute Gasteiger partial charge is 0.225 e. The summed E-state index contributed by atoms with van der Waals surface area (Å²) in [5, 5.41) is 0.587. The fraction of sp³-hybridized carbons (Fsp3) is 0.562. The van der Waals surface area contributed by atoms with Crippen molar-refractivity contribution in [3.05, 3.63) is 34.9 Å². The molecule has 1 aliphatic rings. The summed E-state index contributed by atoms with van der Waals surface area (Å²) in [5.74, 6) is -0.0170. The van der Waals surface area contributed by atoms with Gasteiger partial charge in [0.25, 0.3) is 0 Å². The highest BCUT2D eigenvalue weighted by Crippen LogP contribution is 2.17. The molecule has 0 unspecified atom stereocenters. The lowest BCUT2D eigenvalue weighted by atomic mass is 10.2. The fourth-order valence-corrected chi connectivity index (χ4v) is 4.33. The number of carbonyl (C=O) groups excluding carboxylic acids is 1. The van der Waals surface area contributed by atoms with Gasteiger partial charge in [-0.25, -0.2) is 8.42 Å². The first-order valence-corrected chi connectivity index (χ1v) is 9.79. The number of hydrogen-bond donors (Lipinski definition) is 0. The van der Waals surface area contributed by atoms with Gasteiger partial charge in [0.1, 0.15) is 0 Å². The van der Waals surface area contributed by atoms with Gasteiger partial charge in [0.05, 0.1) is 5.75 Å². The van der Waals surface area contributed by atoms with Gasteiger partial charge in [-0.05, 0) is 24.1 Å². The van der Waals surface area contributed by atoms with Gasteiger partial charge in [0, 0.05) is 37.1 Å². The summed E-state index contributed by atoms with van der Waals surface area (Å²) in [6.07, 6.45) is 0.665. The molecule has 2 rings (SSSR count). The average Bonchev–Trinajstić information content (AvgIpc) is 2.75. The third-order valence-corrected chi connectivity index (χ3v) is 6.02. The van der Waals surface area contributed by atoms with E-state index in [0.717, 1.165) is 0 Å². The van der Waals surface area contributed by atoms with Crippen LogP contribution in [0, 0.1) is 5.92 Å². The molecular formula is C16H23ClN2O3S. The standard InChI is InChI=1S/C16H23ClN2O3S/c1-13(2)16(20)18-8-3-9-19(11-10-18)23(21,22)12-14-4-6-15(17)7-5-14/h4-7,13H,3,8-12H2,1-2H3. The van der Waals surface area contributed by atoms with E-state index in [0.29, 0.717) is 43.2 Å². The SMILES string of the molecule is CC(C)C(=O)N1CCCN(S(=O)(=O)Cc2ccc(Cl)cc2)CC1. The zero-order valence-corrected chi connectivity index (χ0v) is 15.1. The summed E-state index contributed by atoms with van der Waals surface area (Å²) in [7, 11) is -3.39. The molecule has 1 fully saturated rings. The van der Waals surface area contributed by atoms with Crippen molar-refractivity contribution in [2.45, 2.75) is 26.0 Å². The lowest BCUT2D eigenvalue weighted by molar-refractivity contribution is -0.134. The Morgan fingerprint density at radius 3 is 2.39 bits per heavy atom. The van der Waals surface area contributed by atoms with Crippen LogP contribution < -0.4 is 0 Å². The normalized spacial score (nSPS) is 17.3. The van der Waals surface area contributed by atoms with Crippen LogP contribution in [0.1, 0.15) is 25.8 Å². The highest BCUT2D eigenvalue weighted by atomic mass is 35.5. The van der Waals surface area contributed by atoms with Crippen LogP contribution in [0.5, 0.6) is 0 Å². The lowest BCUT2D eigenvalue weighted by Crippen LogP contribution is -2.39. The van der Waals surface area contributed by atoms with Crippen LogP contribution in [0.4, 0.5) is 0 Å². The molecule has 1 heterocycles. The number of hydrogen-bond acceptors (Lipinski definition) is 3. The molecule has 0 atom stereocenters. The second-order valence-corrected chi connectivity index (χ2v) is 8.52. The zero-order chi connectivity index (χ0) is 17.0. The Balaban J connectivity index is 2.03. The molecule has 5 nitrogen and oxygen atoms in total. The Hall–Kier alpha value is -1.11. The van der Waals surface area contributed by atoms with Gasteiger partial charge in [-0.1, -0.05) is 37.6 Å². The van der Waals surface area contributed by atoms with Gasteiger partial charge in [0.15, 0.2) is 0 Å². The van der Waals surface area contributed by atoms with Crippen molar-refractivity contribution in [1.29, 1.82) is 0 Å². The van der Waals surface area contributed by atoms with Gasteiger partial charge >= 0.3 is 0 Å². The van der Waals surface area contributed by atoms with Gasteiger partial charge < -0.3 is 4.90 Å². The van der Waals surface area contributed by atoms with Crippen molar-refractivity contribution in [2.24, 2.45) is 5.92 Å². The van der Waals surface area contributed by atoms with Crippen LogP contribution in [0.15, 0.2) is 24.3 Å². The van der Waals surface area contributed by atoms with Gasteiger partial charge in [0.2, 0.25) is 15.9 Å². The maximum atomic E-state index is 12.6. The number of amides is 1. The fourth-order valence-electron chi connectivity index (χ4n) is 2.64. The third kappa shape index (κ3) is 4.93. The van der Waals surface area contributed by atoms with E-state index in [1.54, 1.807) is 29.2 Å². The second kappa shape index (κ2) is 7.64. The first-order chi connectivity index (χ1) is 10.8. The highest BCUT2D eigenvalue weighted by molar-refractivity contribution is 7.88. The van der Waals surface area contributed by atoms with E-state index < -0.39 is 10.0 Å². The van der Waals surface area contributed by atoms with Crippen molar-refractivity contribution < 1.29 is 13.2 Å². The molecule has 0 aliphatic carbocycles. The predicted molar refractivity (Wildman–Crippen MR) is 91.7 cm³/mol. The molecular weight excluding hydrogens is 336 g/mol. The Labute approximate surface area is 143 Å². The molecule has 1 aliphatic heterocycles. The zero-order valence-electron chi connectivity index (χ0n) is 13.5. The van der Waals surface area contributed by atoms with E-state index >= 15 is 0 Å². The molecule has 0 spiro atoms. The van der Waals surface area contributed by atoms with Gasteiger partial charge in [-0.3, -0.25) is 4.79 Å². The molecule has 23 heavy (non-hydrogen) atoms. The van der Waals surface area contributed by atoms with E-state index in [1.165, 1.54) is 4.31 Å². The number of rotatable bonds is 4.